The highest BCUT2D eigenvalue weighted by molar-refractivity contribution is 5.81. The van der Waals surface area contributed by atoms with Gasteiger partial charge in [0.05, 0.1) is 13.2 Å². The first-order chi connectivity index (χ1) is 22.8. The van der Waals surface area contributed by atoms with E-state index in [1.54, 1.807) is 0 Å². The maximum atomic E-state index is 13.6. The average molecular weight is 679 g/mol. The highest BCUT2D eigenvalue weighted by Gasteiger charge is 2.77. The van der Waals surface area contributed by atoms with Gasteiger partial charge in [-0.25, -0.2) is 29.1 Å². The maximum Gasteiger partial charge on any atom is 0.338 e. The molecule has 8 aliphatic heterocycles. The van der Waals surface area contributed by atoms with Crippen molar-refractivity contribution < 1.29 is 57.6 Å². The van der Waals surface area contributed by atoms with Gasteiger partial charge >= 0.3 is 11.9 Å². The Morgan fingerprint density at radius 3 is 1.40 bits per heavy atom. The van der Waals surface area contributed by atoms with Crippen molar-refractivity contribution in [3.63, 3.8) is 0 Å². The first-order valence-corrected chi connectivity index (χ1v) is 18.6. The Labute approximate surface area is 283 Å². The van der Waals surface area contributed by atoms with E-state index >= 15 is 0 Å². The first-order valence-electron chi connectivity index (χ1n) is 18.6. The summed E-state index contributed by atoms with van der Waals surface area (Å²) in [5, 5.41) is 0. The van der Waals surface area contributed by atoms with E-state index in [4.69, 9.17) is 48.0 Å². The van der Waals surface area contributed by atoms with Crippen molar-refractivity contribution in [2.24, 2.45) is 35.5 Å². The third-order valence-corrected chi connectivity index (χ3v) is 13.8. The van der Waals surface area contributed by atoms with Crippen LogP contribution in [0, 0.1) is 35.5 Å². The van der Waals surface area contributed by atoms with Crippen molar-refractivity contribution >= 4 is 11.9 Å². The third-order valence-electron chi connectivity index (χ3n) is 13.8. The van der Waals surface area contributed by atoms with Crippen LogP contribution in [0.3, 0.4) is 0 Å². The minimum Gasteiger partial charge on any atom is -0.464 e. The summed E-state index contributed by atoms with van der Waals surface area (Å²) in [6.45, 7) is 12.5. The van der Waals surface area contributed by atoms with E-state index in [9.17, 15) is 9.59 Å². The average Bonchev–Trinajstić information content (AvgIpc) is 3.18. The highest BCUT2D eigenvalue weighted by atomic mass is 17.3. The number of unbranched alkanes of at least 4 members (excludes halogenated alkanes) is 3. The first kappa shape index (κ1) is 33.7. The molecule has 0 N–H and O–H groups in total. The van der Waals surface area contributed by atoms with Gasteiger partial charge in [0.25, 0.3) is 0 Å². The lowest BCUT2D eigenvalue weighted by atomic mass is 9.60. The smallest absolute Gasteiger partial charge is 0.338 e. The fourth-order valence-electron chi connectivity index (χ4n) is 11.0. The van der Waals surface area contributed by atoms with Crippen LogP contribution in [0.25, 0.3) is 0 Å². The molecule has 12 nitrogen and oxygen atoms in total. The largest absolute Gasteiger partial charge is 0.464 e. The van der Waals surface area contributed by atoms with Crippen LogP contribution in [0.4, 0.5) is 0 Å². The Kier molecular flexibility index (Phi) is 8.13. The van der Waals surface area contributed by atoms with Crippen LogP contribution in [0.2, 0.25) is 0 Å². The molecule has 10 aliphatic rings. The number of ether oxygens (including phenoxy) is 6. The molecule has 270 valence electrons. The van der Waals surface area contributed by atoms with Gasteiger partial charge in [-0.2, -0.15) is 0 Å². The van der Waals surface area contributed by atoms with Crippen LogP contribution in [-0.2, 0) is 57.6 Å². The standard InChI is InChI=1S/C36H54O12/c1-21-11-13-25-33(5,43-29-35(25)23(21)15-17-31(3,41-29)45-47-35)27(37)39-19-9-7-8-10-20-40-28(38)34(6)26-14-12-22(2)24-16-18-32(4)42-30(44-34)36(24,26)48-46-32/h21-26,29-30H,7-20H2,1-6H3/t21-,22-,23+,24+,25+,26+,29+,30+,31-,32-,33+,34+,35-,36-/m1/s1. The number of fused-ring (bicyclic) bond motifs is 4. The minimum atomic E-state index is -1.17. The number of hydrogen-bond donors (Lipinski definition) is 0. The maximum absolute atomic E-state index is 13.6. The summed E-state index contributed by atoms with van der Waals surface area (Å²) in [4.78, 5) is 51.1. The molecular formula is C36H54O12. The van der Waals surface area contributed by atoms with Gasteiger partial charge < -0.3 is 28.4 Å². The Morgan fingerprint density at radius 1 is 0.562 bits per heavy atom. The van der Waals surface area contributed by atoms with Gasteiger partial charge in [0.1, 0.15) is 0 Å². The van der Waals surface area contributed by atoms with E-state index in [0.717, 1.165) is 64.2 Å². The highest BCUT2D eigenvalue weighted by Crippen LogP contribution is 2.65. The molecule has 10 fully saturated rings. The summed E-state index contributed by atoms with van der Waals surface area (Å²) in [5.41, 5.74) is -3.96. The molecule has 14 atom stereocenters. The van der Waals surface area contributed by atoms with E-state index in [1.165, 1.54) is 0 Å². The van der Waals surface area contributed by atoms with Crippen molar-refractivity contribution in [1.82, 2.24) is 0 Å². The van der Waals surface area contributed by atoms with Crippen LogP contribution in [0.1, 0.15) is 119 Å². The van der Waals surface area contributed by atoms with E-state index in [-0.39, 0.29) is 48.8 Å². The summed E-state index contributed by atoms with van der Waals surface area (Å²) in [6.07, 6.45) is 8.51. The van der Waals surface area contributed by atoms with Crippen LogP contribution in [-0.4, -0.2) is 71.7 Å². The van der Waals surface area contributed by atoms with Gasteiger partial charge in [0, 0.05) is 24.7 Å². The Balaban J connectivity index is 0.805. The van der Waals surface area contributed by atoms with Crippen LogP contribution >= 0.6 is 0 Å². The Bertz CT molecular complexity index is 1200. The lowest BCUT2D eigenvalue weighted by Gasteiger charge is -2.50. The molecule has 2 saturated carbocycles. The van der Waals surface area contributed by atoms with Gasteiger partial charge in [0.2, 0.25) is 11.6 Å². The SMILES string of the molecule is C[C@@H]1CC[C@@H]2[C@]34OO[C@](C)(CC[C@@H]13)O[C@H]4O[C@]2(C)C(=O)OCCCCCCOC(=O)[C@@]1(C)O[C@@H]2O[C@@]3(C)CC[C@H]4[C@H](C)CC[C@@H]1[C@@]24OO3. The van der Waals surface area contributed by atoms with Gasteiger partial charge in [0.15, 0.2) is 35.0 Å². The quantitative estimate of drug-likeness (QED) is 0.170. The molecule has 4 bridgehead atoms. The molecule has 8 saturated heterocycles. The molecule has 12 heteroatoms. The van der Waals surface area contributed by atoms with Crippen molar-refractivity contribution in [2.75, 3.05) is 13.2 Å². The van der Waals surface area contributed by atoms with Gasteiger partial charge in [-0.05, 0) is 116 Å². The van der Waals surface area contributed by atoms with Gasteiger partial charge in [-0.15, -0.1) is 0 Å². The topological polar surface area (TPSA) is 126 Å². The zero-order chi connectivity index (χ0) is 33.7. The van der Waals surface area contributed by atoms with Crippen molar-refractivity contribution in [1.29, 1.82) is 0 Å². The normalized spacial score (nSPS) is 53.0. The third kappa shape index (κ3) is 4.76. The number of carbonyl (C=O) groups excluding carboxylic acids is 2. The van der Waals surface area contributed by atoms with Crippen LogP contribution in [0.5, 0.6) is 0 Å². The molecule has 8 heterocycles. The summed E-state index contributed by atoms with van der Waals surface area (Å²) in [6, 6.07) is 0. The van der Waals surface area contributed by atoms with Crippen LogP contribution in [0.15, 0.2) is 0 Å². The van der Waals surface area contributed by atoms with Crippen molar-refractivity contribution in [3.05, 3.63) is 0 Å². The molecule has 10 rings (SSSR count). The zero-order valence-corrected chi connectivity index (χ0v) is 29.4. The molecule has 0 aromatic rings. The van der Waals surface area contributed by atoms with E-state index in [1.807, 2.05) is 27.7 Å². The van der Waals surface area contributed by atoms with Gasteiger partial charge in [-0.3, -0.25) is 0 Å². The second-order valence-electron chi connectivity index (χ2n) is 16.8. The lowest BCUT2D eigenvalue weighted by Crippen LogP contribution is -2.62. The number of carbonyl (C=O) groups is 2. The fourth-order valence-corrected chi connectivity index (χ4v) is 11.0. The predicted molar refractivity (Wildman–Crippen MR) is 165 cm³/mol. The minimum absolute atomic E-state index is 0.183. The molecule has 0 radical (unpaired) electrons. The Morgan fingerprint density at radius 2 is 0.979 bits per heavy atom. The van der Waals surface area contributed by atoms with E-state index in [0.29, 0.717) is 24.7 Å². The zero-order valence-electron chi connectivity index (χ0n) is 29.4. The molecule has 2 aliphatic carbocycles. The summed E-state index contributed by atoms with van der Waals surface area (Å²) in [7, 11) is 0. The molecule has 48 heavy (non-hydrogen) atoms. The van der Waals surface area contributed by atoms with E-state index in [2.05, 4.69) is 13.8 Å². The van der Waals surface area contributed by atoms with Crippen molar-refractivity contribution in [3.8, 4) is 0 Å². The molecule has 0 unspecified atom stereocenters. The molecule has 0 aromatic heterocycles. The summed E-state index contributed by atoms with van der Waals surface area (Å²) in [5.74, 6) is -1.75. The monoisotopic (exact) mass is 678 g/mol. The molecular weight excluding hydrogens is 624 g/mol. The number of hydrogen-bond acceptors (Lipinski definition) is 12. The van der Waals surface area contributed by atoms with Crippen LogP contribution < -0.4 is 0 Å². The number of rotatable bonds is 9. The second kappa shape index (κ2) is 11.6. The lowest BCUT2D eigenvalue weighted by molar-refractivity contribution is -0.541. The van der Waals surface area contributed by atoms with Gasteiger partial charge in [-0.1, -0.05) is 13.8 Å². The van der Waals surface area contributed by atoms with Crippen molar-refractivity contribution in [2.45, 2.75) is 165 Å². The second-order valence-corrected chi connectivity index (χ2v) is 16.8. The summed E-state index contributed by atoms with van der Waals surface area (Å²) >= 11 is 0. The molecule has 0 amide bonds. The summed E-state index contributed by atoms with van der Waals surface area (Å²) < 4.78 is 37.1. The molecule has 0 aromatic carbocycles. The number of esters is 2. The Hall–Kier alpha value is -1.38. The predicted octanol–water partition coefficient (Wildman–Crippen LogP) is 5.64. The molecule has 2 spiro atoms. The van der Waals surface area contributed by atoms with E-state index < -0.39 is 46.6 Å². The fraction of sp³-hybridized carbons (Fsp3) is 0.944.